The fourth-order valence-electron chi connectivity index (χ4n) is 1.56. The lowest BCUT2D eigenvalue weighted by atomic mass is 10.2. The van der Waals surface area contributed by atoms with Crippen LogP contribution in [-0.4, -0.2) is 4.21 Å². The van der Waals surface area contributed by atoms with Crippen LogP contribution < -0.4 is 5.73 Å². The number of nitrogens with two attached hydrogens (primary N) is 1. The first-order valence-electron chi connectivity index (χ1n) is 5.34. The molecule has 0 saturated heterocycles. The van der Waals surface area contributed by atoms with Crippen LogP contribution in [0.1, 0.15) is 5.56 Å². The van der Waals surface area contributed by atoms with Crippen LogP contribution in [0.2, 0.25) is 5.02 Å². The third kappa shape index (κ3) is 3.30. The van der Waals surface area contributed by atoms with Gasteiger partial charge in [-0.2, -0.15) is 0 Å². The summed E-state index contributed by atoms with van der Waals surface area (Å²) in [7, 11) is -1.47. The first kappa shape index (κ1) is 14.0. The molecule has 19 heavy (non-hydrogen) atoms. The second-order valence-corrected chi connectivity index (χ2v) is 5.78. The van der Waals surface area contributed by atoms with Crippen LogP contribution in [0.15, 0.2) is 41.3 Å². The molecule has 0 fully saturated rings. The standard InChI is InChI=1S/C13H10ClF2NOS/c14-9-2-4-12(17)13(6-9)19(18)7-8-1-3-10(15)11(16)5-8/h1-6H,7,17H2. The smallest absolute Gasteiger partial charge is 0.159 e. The van der Waals surface area contributed by atoms with Gasteiger partial charge in [-0.25, -0.2) is 8.78 Å². The van der Waals surface area contributed by atoms with Crippen molar-refractivity contribution in [2.75, 3.05) is 5.73 Å². The molecule has 0 amide bonds. The van der Waals surface area contributed by atoms with Crippen molar-refractivity contribution in [3.63, 3.8) is 0 Å². The molecule has 0 aliphatic heterocycles. The van der Waals surface area contributed by atoms with E-state index in [0.717, 1.165) is 12.1 Å². The Hall–Kier alpha value is -1.46. The Morgan fingerprint density at radius 3 is 2.53 bits per heavy atom. The van der Waals surface area contributed by atoms with Crippen molar-refractivity contribution in [2.45, 2.75) is 10.6 Å². The zero-order chi connectivity index (χ0) is 14.0. The highest BCUT2D eigenvalue weighted by Gasteiger charge is 2.11. The number of halogens is 3. The molecular formula is C13H10ClF2NOS. The maximum Gasteiger partial charge on any atom is 0.159 e. The average Bonchev–Trinajstić information content (AvgIpc) is 2.36. The van der Waals surface area contributed by atoms with Crippen molar-refractivity contribution in [1.82, 2.24) is 0 Å². The second-order valence-electron chi connectivity index (χ2n) is 3.92. The molecule has 0 aliphatic carbocycles. The molecule has 2 aromatic rings. The summed E-state index contributed by atoms with van der Waals surface area (Å²) >= 11 is 5.81. The molecule has 0 heterocycles. The predicted octanol–water partition coefficient (Wildman–Crippen LogP) is 3.51. The third-order valence-corrected chi connectivity index (χ3v) is 4.18. The largest absolute Gasteiger partial charge is 0.398 e. The lowest BCUT2D eigenvalue weighted by Crippen LogP contribution is -2.01. The Morgan fingerprint density at radius 1 is 1.11 bits per heavy atom. The molecule has 0 aromatic heterocycles. The van der Waals surface area contributed by atoms with Crippen molar-refractivity contribution >= 4 is 28.1 Å². The normalized spacial score (nSPS) is 12.4. The molecule has 2 rings (SSSR count). The van der Waals surface area contributed by atoms with Crippen molar-refractivity contribution in [3.8, 4) is 0 Å². The van der Waals surface area contributed by atoms with Gasteiger partial charge in [0.05, 0.1) is 21.4 Å². The highest BCUT2D eigenvalue weighted by molar-refractivity contribution is 7.84. The Bertz CT molecular complexity index is 649. The predicted molar refractivity (Wildman–Crippen MR) is 72.3 cm³/mol. The molecule has 2 nitrogen and oxygen atoms in total. The molecule has 100 valence electrons. The van der Waals surface area contributed by atoms with E-state index in [1.807, 2.05) is 0 Å². The van der Waals surface area contributed by atoms with E-state index in [0.29, 0.717) is 21.2 Å². The summed E-state index contributed by atoms with van der Waals surface area (Å²) < 4.78 is 38.0. The molecule has 6 heteroatoms. The van der Waals surface area contributed by atoms with Gasteiger partial charge in [-0.05, 0) is 35.9 Å². The lowest BCUT2D eigenvalue weighted by Gasteiger charge is -2.07. The average molecular weight is 302 g/mol. The van der Waals surface area contributed by atoms with Gasteiger partial charge in [-0.15, -0.1) is 0 Å². The first-order chi connectivity index (χ1) is 8.97. The van der Waals surface area contributed by atoms with Crippen LogP contribution in [-0.2, 0) is 16.6 Å². The van der Waals surface area contributed by atoms with Gasteiger partial charge in [0.1, 0.15) is 0 Å². The summed E-state index contributed by atoms with van der Waals surface area (Å²) in [4.78, 5) is 0.386. The van der Waals surface area contributed by atoms with E-state index in [2.05, 4.69) is 0 Å². The fourth-order valence-corrected chi connectivity index (χ4v) is 3.03. The number of nitrogen functional groups attached to an aromatic ring is 1. The van der Waals surface area contributed by atoms with E-state index < -0.39 is 22.4 Å². The number of hydrogen-bond acceptors (Lipinski definition) is 2. The van der Waals surface area contributed by atoms with Crippen LogP contribution in [0.4, 0.5) is 14.5 Å². The minimum atomic E-state index is -1.47. The van der Waals surface area contributed by atoms with Crippen molar-refractivity contribution in [1.29, 1.82) is 0 Å². The van der Waals surface area contributed by atoms with Gasteiger partial charge < -0.3 is 5.73 Å². The summed E-state index contributed by atoms with van der Waals surface area (Å²) in [6.07, 6.45) is 0. The van der Waals surface area contributed by atoms with Crippen LogP contribution in [0.5, 0.6) is 0 Å². The Balaban J connectivity index is 2.25. The topological polar surface area (TPSA) is 43.1 Å². The van der Waals surface area contributed by atoms with E-state index >= 15 is 0 Å². The summed E-state index contributed by atoms with van der Waals surface area (Å²) in [6, 6.07) is 8.07. The van der Waals surface area contributed by atoms with Gasteiger partial charge >= 0.3 is 0 Å². The molecule has 2 N–H and O–H groups in total. The molecule has 0 spiro atoms. The van der Waals surface area contributed by atoms with Gasteiger partial charge in [0, 0.05) is 10.7 Å². The molecule has 0 aliphatic rings. The van der Waals surface area contributed by atoms with Crippen LogP contribution in [0, 0.1) is 11.6 Å². The first-order valence-corrected chi connectivity index (χ1v) is 7.04. The van der Waals surface area contributed by atoms with E-state index in [1.54, 1.807) is 12.1 Å². The van der Waals surface area contributed by atoms with E-state index in [9.17, 15) is 13.0 Å². The van der Waals surface area contributed by atoms with Gasteiger partial charge in [-0.1, -0.05) is 17.7 Å². The maximum atomic E-state index is 13.1. The fraction of sp³-hybridized carbons (Fsp3) is 0.0769. The SMILES string of the molecule is Nc1ccc(Cl)cc1S(=O)Cc1ccc(F)c(F)c1. The second kappa shape index (κ2) is 5.67. The van der Waals surface area contributed by atoms with Crippen molar-refractivity contribution in [3.05, 3.63) is 58.6 Å². The molecule has 0 saturated carbocycles. The molecule has 0 bridgehead atoms. The number of benzene rings is 2. The third-order valence-electron chi connectivity index (χ3n) is 2.50. The maximum absolute atomic E-state index is 13.1. The highest BCUT2D eigenvalue weighted by Crippen LogP contribution is 2.23. The molecule has 1 unspecified atom stereocenters. The Morgan fingerprint density at radius 2 is 1.84 bits per heavy atom. The highest BCUT2D eigenvalue weighted by atomic mass is 35.5. The zero-order valence-electron chi connectivity index (χ0n) is 9.70. The van der Waals surface area contributed by atoms with E-state index in [4.69, 9.17) is 17.3 Å². The lowest BCUT2D eigenvalue weighted by molar-refractivity contribution is 0.507. The molecule has 0 radical (unpaired) electrons. The van der Waals surface area contributed by atoms with Crippen LogP contribution in [0.25, 0.3) is 0 Å². The molecule has 2 aromatic carbocycles. The summed E-state index contributed by atoms with van der Waals surface area (Å²) in [5.74, 6) is -1.85. The number of anilines is 1. The number of hydrogen-bond donors (Lipinski definition) is 1. The van der Waals surface area contributed by atoms with Gasteiger partial charge in [0.2, 0.25) is 0 Å². The number of rotatable bonds is 3. The Labute approximate surface area is 116 Å². The zero-order valence-corrected chi connectivity index (χ0v) is 11.3. The molecule has 1 atom stereocenters. The quantitative estimate of drug-likeness (QED) is 0.882. The van der Waals surface area contributed by atoms with Gasteiger partial charge in [-0.3, -0.25) is 4.21 Å². The van der Waals surface area contributed by atoms with Gasteiger partial charge in [0.25, 0.3) is 0 Å². The van der Waals surface area contributed by atoms with Crippen molar-refractivity contribution < 1.29 is 13.0 Å². The van der Waals surface area contributed by atoms with Crippen LogP contribution in [0.3, 0.4) is 0 Å². The van der Waals surface area contributed by atoms with Crippen molar-refractivity contribution in [2.24, 2.45) is 0 Å². The summed E-state index contributed by atoms with van der Waals surface area (Å²) in [5.41, 5.74) is 6.49. The van der Waals surface area contributed by atoms with Crippen LogP contribution >= 0.6 is 11.6 Å². The van der Waals surface area contributed by atoms with E-state index in [1.165, 1.54) is 12.1 Å². The minimum Gasteiger partial charge on any atom is -0.398 e. The summed E-state index contributed by atoms with van der Waals surface area (Å²) in [5, 5.41) is 0.419. The Kier molecular flexibility index (Phi) is 4.17. The molecular weight excluding hydrogens is 292 g/mol. The summed E-state index contributed by atoms with van der Waals surface area (Å²) in [6.45, 7) is 0. The monoisotopic (exact) mass is 301 g/mol. The van der Waals surface area contributed by atoms with E-state index in [-0.39, 0.29) is 5.75 Å². The van der Waals surface area contributed by atoms with Gasteiger partial charge in [0.15, 0.2) is 11.6 Å². The minimum absolute atomic E-state index is 0.0434.